The maximum atomic E-state index is 12.4. The number of methoxy groups -OCH3 is 1. The molecule has 27 heavy (non-hydrogen) atoms. The Labute approximate surface area is 160 Å². The molecule has 1 aromatic rings. The molecule has 4 aliphatic carbocycles. The smallest absolute Gasteiger partial charge is 0.342 e. The molecule has 5 nitrogen and oxygen atoms in total. The van der Waals surface area contributed by atoms with E-state index in [0.717, 1.165) is 17.8 Å². The van der Waals surface area contributed by atoms with Crippen molar-refractivity contribution >= 4 is 11.9 Å². The van der Waals surface area contributed by atoms with Gasteiger partial charge in [0.15, 0.2) is 6.61 Å². The van der Waals surface area contributed by atoms with E-state index in [2.05, 4.69) is 12.2 Å². The predicted octanol–water partition coefficient (Wildman–Crippen LogP) is 3.57. The molecule has 1 aromatic carbocycles. The fraction of sp³-hybridized carbons (Fsp3) is 0.636. The van der Waals surface area contributed by atoms with E-state index in [1.807, 2.05) is 0 Å². The normalized spacial score (nSPS) is 32.0. The highest BCUT2D eigenvalue weighted by molar-refractivity contribution is 5.94. The van der Waals surface area contributed by atoms with Gasteiger partial charge in [0, 0.05) is 6.04 Å². The molecule has 0 radical (unpaired) electrons. The minimum absolute atomic E-state index is 0.128. The molecule has 0 unspecified atom stereocenters. The van der Waals surface area contributed by atoms with Crippen molar-refractivity contribution in [3.63, 3.8) is 0 Å². The number of esters is 1. The van der Waals surface area contributed by atoms with Crippen LogP contribution in [0.15, 0.2) is 24.3 Å². The molecule has 1 atom stereocenters. The highest BCUT2D eigenvalue weighted by Gasteiger charge is 2.53. The van der Waals surface area contributed by atoms with Crippen LogP contribution in [0.2, 0.25) is 0 Å². The van der Waals surface area contributed by atoms with E-state index in [1.165, 1.54) is 45.6 Å². The van der Waals surface area contributed by atoms with Gasteiger partial charge in [0.25, 0.3) is 5.91 Å². The molecule has 4 aliphatic rings. The van der Waals surface area contributed by atoms with Gasteiger partial charge in [-0.15, -0.1) is 0 Å². The van der Waals surface area contributed by atoms with E-state index >= 15 is 0 Å². The fourth-order valence-corrected chi connectivity index (χ4v) is 6.17. The van der Waals surface area contributed by atoms with Gasteiger partial charge < -0.3 is 14.8 Å². The van der Waals surface area contributed by atoms with Crippen molar-refractivity contribution in [1.82, 2.24) is 5.32 Å². The first-order chi connectivity index (χ1) is 13.0. The van der Waals surface area contributed by atoms with Crippen LogP contribution >= 0.6 is 0 Å². The fourth-order valence-electron chi connectivity index (χ4n) is 6.17. The summed E-state index contributed by atoms with van der Waals surface area (Å²) in [6.45, 7) is 1.88. The molecule has 1 amide bonds. The quantitative estimate of drug-likeness (QED) is 0.777. The van der Waals surface area contributed by atoms with Gasteiger partial charge in [-0.25, -0.2) is 4.79 Å². The van der Waals surface area contributed by atoms with Gasteiger partial charge in [-0.1, -0.05) is 12.1 Å². The lowest BCUT2D eigenvalue weighted by Gasteiger charge is -2.59. The lowest BCUT2D eigenvalue weighted by molar-refractivity contribution is -0.128. The molecule has 0 heterocycles. The standard InChI is InChI=1S/C22H29NO4/c1-14(22-10-15-7-16(11-22)9-17(8-15)12-22)23-20(24)13-27-21(25)18-5-3-4-6-19(18)26-2/h3-6,14-17H,7-13H2,1-2H3,(H,23,24)/t14-,15?,16?,17?,22?/m0/s1. The third kappa shape index (κ3) is 3.56. The zero-order valence-electron chi connectivity index (χ0n) is 16.2. The van der Waals surface area contributed by atoms with E-state index in [4.69, 9.17) is 9.47 Å². The van der Waals surface area contributed by atoms with Crippen LogP contribution in [0.25, 0.3) is 0 Å². The Bertz CT molecular complexity index is 693. The van der Waals surface area contributed by atoms with Crippen LogP contribution in [0.5, 0.6) is 5.75 Å². The van der Waals surface area contributed by atoms with Gasteiger partial charge in [0.05, 0.1) is 7.11 Å². The van der Waals surface area contributed by atoms with E-state index in [9.17, 15) is 9.59 Å². The maximum absolute atomic E-state index is 12.4. The average Bonchev–Trinajstić information content (AvgIpc) is 2.65. The summed E-state index contributed by atoms with van der Waals surface area (Å²) in [6.07, 6.45) is 7.87. The summed E-state index contributed by atoms with van der Waals surface area (Å²) >= 11 is 0. The number of hydrogen-bond donors (Lipinski definition) is 1. The summed E-state index contributed by atoms with van der Waals surface area (Å²) in [4.78, 5) is 24.7. The Morgan fingerprint density at radius 3 is 2.30 bits per heavy atom. The number of carbonyl (C=O) groups excluding carboxylic acids is 2. The molecule has 0 aliphatic heterocycles. The van der Waals surface area contributed by atoms with Crippen molar-refractivity contribution in [2.45, 2.75) is 51.5 Å². The first-order valence-electron chi connectivity index (χ1n) is 10.1. The number of para-hydroxylation sites is 1. The molecule has 5 heteroatoms. The largest absolute Gasteiger partial charge is 0.496 e. The number of nitrogens with one attached hydrogen (secondary N) is 1. The second-order valence-corrected chi connectivity index (χ2v) is 8.85. The van der Waals surface area contributed by atoms with Crippen LogP contribution in [0.4, 0.5) is 0 Å². The van der Waals surface area contributed by atoms with Gasteiger partial charge in [-0.3, -0.25) is 4.79 Å². The van der Waals surface area contributed by atoms with Crippen molar-refractivity contribution in [1.29, 1.82) is 0 Å². The minimum Gasteiger partial charge on any atom is -0.496 e. The van der Waals surface area contributed by atoms with E-state index in [-0.39, 0.29) is 24.0 Å². The Balaban J connectivity index is 1.32. The molecule has 0 spiro atoms. The van der Waals surface area contributed by atoms with Gasteiger partial charge >= 0.3 is 5.97 Å². The molecule has 4 saturated carbocycles. The van der Waals surface area contributed by atoms with Gasteiger partial charge in [-0.05, 0) is 80.8 Å². The van der Waals surface area contributed by atoms with Gasteiger partial charge in [-0.2, -0.15) is 0 Å². The number of ether oxygens (including phenoxy) is 2. The van der Waals surface area contributed by atoms with Crippen molar-refractivity contribution in [3.05, 3.63) is 29.8 Å². The number of benzene rings is 1. The molecular formula is C22H29NO4. The van der Waals surface area contributed by atoms with Crippen molar-refractivity contribution < 1.29 is 19.1 Å². The topological polar surface area (TPSA) is 64.6 Å². The SMILES string of the molecule is COc1ccccc1C(=O)OCC(=O)N[C@@H](C)C12CC3CC(CC(C3)C1)C2. The lowest BCUT2D eigenvalue weighted by Crippen LogP contribution is -2.56. The third-order valence-electron chi connectivity index (χ3n) is 7.04. The Kier molecular flexibility index (Phi) is 4.87. The molecule has 4 fully saturated rings. The molecule has 5 rings (SSSR count). The monoisotopic (exact) mass is 371 g/mol. The van der Waals surface area contributed by atoms with E-state index in [1.54, 1.807) is 24.3 Å². The van der Waals surface area contributed by atoms with E-state index < -0.39 is 5.97 Å². The summed E-state index contributed by atoms with van der Waals surface area (Å²) in [5.74, 6) is 2.23. The molecule has 4 bridgehead atoms. The van der Waals surface area contributed by atoms with Crippen LogP contribution in [0.1, 0.15) is 55.8 Å². The Hall–Kier alpha value is -2.04. The highest BCUT2D eigenvalue weighted by Crippen LogP contribution is 2.61. The van der Waals surface area contributed by atoms with Crippen molar-refractivity contribution in [3.8, 4) is 5.75 Å². The molecule has 146 valence electrons. The third-order valence-corrected chi connectivity index (χ3v) is 7.04. The summed E-state index contributed by atoms with van der Waals surface area (Å²) in [5, 5.41) is 3.12. The highest BCUT2D eigenvalue weighted by atomic mass is 16.5. The number of hydrogen-bond acceptors (Lipinski definition) is 4. The number of amides is 1. The first-order valence-corrected chi connectivity index (χ1v) is 10.1. The zero-order valence-corrected chi connectivity index (χ0v) is 16.2. The van der Waals surface area contributed by atoms with Crippen LogP contribution < -0.4 is 10.1 Å². The number of rotatable bonds is 6. The summed E-state index contributed by atoms with van der Waals surface area (Å²) < 4.78 is 10.4. The maximum Gasteiger partial charge on any atom is 0.342 e. The minimum atomic E-state index is -0.537. The summed E-state index contributed by atoms with van der Waals surface area (Å²) in [7, 11) is 1.51. The second kappa shape index (κ2) is 7.17. The van der Waals surface area contributed by atoms with Crippen LogP contribution in [0.3, 0.4) is 0 Å². The zero-order chi connectivity index (χ0) is 19.0. The summed E-state index contributed by atoms with van der Waals surface area (Å²) in [6, 6.07) is 7.00. The van der Waals surface area contributed by atoms with Crippen LogP contribution in [0, 0.1) is 23.2 Å². The van der Waals surface area contributed by atoms with E-state index in [0.29, 0.717) is 11.3 Å². The van der Waals surface area contributed by atoms with Crippen molar-refractivity contribution in [2.24, 2.45) is 23.2 Å². The van der Waals surface area contributed by atoms with Gasteiger partial charge in [0.2, 0.25) is 0 Å². The molecular weight excluding hydrogens is 342 g/mol. The molecule has 0 saturated heterocycles. The van der Waals surface area contributed by atoms with Crippen molar-refractivity contribution in [2.75, 3.05) is 13.7 Å². The first kappa shape index (κ1) is 18.3. The lowest BCUT2D eigenvalue weighted by atomic mass is 9.48. The second-order valence-electron chi connectivity index (χ2n) is 8.85. The average molecular weight is 371 g/mol. The number of carbonyl (C=O) groups is 2. The Morgan fingerprint density at radius 1 is 1.11 bits per heavy atom. The van der Waals surface area contributed by atoms with Gasteiger partial charge in [0.1, 0.15) is 11.3 Å². The van der Waals surface area contributed by atoms with Crippen LogP contribution in [-0.4, -0.2) is 31.6 Å². The van der Waals surface area contributed by atoms with Crippen LogP contribution in [-0.2, 0) is 9.53 Å². The molecule has 1 N–H and O–H groups in total. The predicted molar refractivity (Wildman–Crippen MR) is 101 cm³/mol. The molecule has 0 aromatic heterocycles. The Morgan fingerprint density at radius 2 is 1.70 bits per heavy atom. The summed E-state index contributed by atoms with van der Waals surface area (Å²) in [5.41, 5.74) is 0.582.